The molecular weight excluding hydrogens is 627 g/mol. The van der Waals surface area contributed by atoms with Gasteiger partial charge in [0.05, 0.1) is 13.3 Å². The molecule has 4 N–H and O–H groups in total. The highest BCUT2D eigenvalue weighted by Gasteiger charge is 2.47. The minimum absolute atomic E-state index is 0.0249. The van der Waals surface area contributed by atoms with E-state index in [0.29, 0.717) is 37.7 Å². The number of carbonyl (C=O) groups excluding carboxylic acids is 1. The van der Waals surface area contributed by atoms with Crippen LogP contribution in [0.1, 0.15) is 111 Å². The summed E-state index contributed by atoms with van der Waals surface area (Å²) in [5.41, 5.74) is 6.11. The van der Waals surface area contributed by atoms with Gasteiger partial charge in [0.15, 0.2) is 5.82 Å². The van der Waals surface area contributed by atoms with Gasteiger partial charge in [-0.1, -0.05) is 163 Å². The zero-order valence-electron chi connectivity index (χ0n) is 30.6. The van der Waals surface area contributed by atoms with Crippen molar-refractivity contribution >= 4 is 41.9 Å². The van der Waals surface area contributed by atoms with Crippen LogP contribution in [0.3, 0.4) is 0 Å². The van der Waals surface area contributed by atoms with E-state index in [1.807, 2.05) is 0 Å². The predicted molar refractivity (Wildman–Crippen MR) is 208 cm³/mol. The summed E-state index contributed by atoms with van der Waals surface area (Å²) >= 11 is 0. The second-order valence-corrected chi connectivity index (χ2v) is 19.9. The summed E-state index contributed by atoms with van der Waals surface area (Å²) < 4.78 is 6.02. The lowest BCUT2D eigenvalue weighted by atomic mass is 10.1. The second kappa shape index (κ2) is 19.0. The van der Waals surface area contributed by atoms with Crippen molar-refractivity contribution in [1.29, 1.82) is 0 Å². The van der Waals surface area contributed by atoms with Gasteiger partial charge in [-0.25, -0.2) is 0 Å². The summed E-state index contributed by atoms with van der Waals surface area (Å²) in [4.78, 5) is 34.7. The van der Waals surface area contributed by atoms with Crippen LogP contribution < -0.4 is 31.9 Å². The Bertz CT molecular complexity index is 1440. The fourth-order valence-corrected chi connectivity index (χ4v) is 13.3. The molecule has 2 heterocycles. The number of unbranched alkanes of at least 4 members (excludes halogenated alkanes) is 10. The number of nitrogens with two attached hydrogens (primary N) is 1. The molecule has 8 nitrogen and oxygen atoms in total. The Hall–Kier alpha value is -3.59. The van der Waals surface area contributed by atoms with Gasteiger partial charge in [0, 0.05) is 18.9 Å². The monoisotopic (exact) mass is 687 g/mol. The summed E-state index contributed by atoms with van der Waals surface area (Å²) in [6, 6.07) is 23.0. The molecule has 1 atom stereocenters. The molecule has 1 unspecified atom stereocenters. The van der Waals surface area contributed by atoms with Crippen molar-refractivity contribution in [3.63, 3.8) is 0 Å². The molecule has 0 saturated heterocycles. The van der Waals surface area contributed by atoms with Crippen molar-refractivity contribution in [2.75, 3.05) is 35.8 Å². The average Bonchev–Trinajstić information content (AvgIpc) is 3.49. The number of rotatable bonds is 21. The Morgan fingerprint density at radius 2 is 1.45 bits per heavy atom. The van der Waals surface area contributed by atoms with Gasteiger partial charge in [-0.3, -0.25) is 14.6 Å². The molecule has 0 radical (unpaired) electrons. The predicted octanol–water partition coefficient (Wildman–Crippen LogP) is 7.86. The van der Waals surface area contributed by atoms with Gasteiger partial charge in [0.2, 0.25) is 5.95 Å². The minimum atomic E-state index is -2.33. The van der Waals surface area contributed by atoms with Gasteiger partial charge in [-0.05, 0) is 23.9 Å². The summed E-state index contributed by atoms with van der Waals surface area (Å²) in [6.07, 6.45) is 15.1. The molecule has 268 valence electrons. The normalized spacial score (nSPS) is 13.6. The van der Waals surface area contributed by atoms with Crippen LogP contribution in [0.25, 0.3) is 0 Å². The smallest absolute Gasteiger partial charge is 0.305 e. The first kappa shape index (κ1) is 38.2. The average molecular weight is 688 g/mol. The molecule has 3 aromatic rings. The van der Waals surface area contributed by atoms with Gasteiger partial charge >= 0.3 is 5.97 Å². The molecule has 1 aliphatic heterocycles. The molecule has 0 fully saturated rings. The lowest BCUT2D eigenvalue weighted by Gasteiger charge is -2.45. The first-order valence-electron chi connectivity index (χ1n) is 18.8. The number of hydrogen-bond acceptors (Lipinski definition) is 7. The number of H-pyrrole nitrogens is 1. The molecule has 1 aromatic heterocycles. The van der Waals surface area contributed by atoms with Gasteiger partial charge in [0.1, 0.15) is 13.8 Å². The summed E-state index contributed by atoms with van der Waals surface area (Å²) in [5.74, 6) is 0.576. The van der Waals surface area contributed by atoms with Crippen LogP contribution in [0.15, 0.2) is 65.5 Å². The van der Waals surface area contributed by atoms with E-state index in [1.54, 1.807) is 0 Å². The van der Waals surface area contributed by atoms with Crippen molar-refractivity contribution < 1.29 is 9.53 Å². The number of benzene rings is 2. The van der Waals surface area contributed by atoms with Crippen molar-refractivity contribution in [3.8, 4) is 0 Å². The molecular formula is C40H61N5O3Si. The lowest BCUT2D eigenvalue weighted by molar-refractivity contribution is -0.145. The number of aromatic amines is 1. The highest BCUT2D eigenvalue weighted by atomic mass is 28.3. The van der Waals surface area contributed by atoms with E-state index >= 15 is 0 Å². The van der Waals surface area contributed by atoms with E-state index in [4.69, 9.17) is 10.5 Å². The third kappa shape index (κ3) is 10.7. The van der Waals surface area contributed by atoms with Crippen molar-refractivity contribution in [1.82, 2.24) is 9.97 Å². The molecule has 0 saturated carbocycles. The molecule has 4 rings (SSSR count). The number of ether oxygens (including phenoxy) is 1. The minimum Gasteiger partial charge on any atom is -0.465 e. The Kier molecular flexibility index (Phi) is 14.8. The van der Waals surface area contributed by atoms with E-state index in [1.165, 1.54) is 68.2 Å². The van der Waals surface area contributed by atoms with Crippen molar-refractivity contribution in [3.05, 3.63) is 71.0 Å². The number of carbonyl (C=O) groups is 1. The maximum Gasteiger partial charge on any atom is 0.305 e. The molecule has 0 bridgehead atoms. The zero-order valence-corrected chi connectivity index (χ0v) is 31.6. The van der Waals surface area contributed by atoms with Crippen LogP contribution in [-0.4, -0.2) is 43.8 Å². The maximum atomic E-state index is 13.0. The number of fused-ring (bicyclic) bond motifs is 1. The van der Waals surface area contributed by atoms with E-state index in [-0.39, 0.29) is 28.4 Å². The molecule has 2 aromatic carbocycles. The third-order valence-electron chi connectivity index (χ3n) is 10.3. The summed E-state index contributed by atoms with van der Waals surface area (Å²) in [6.45, 7) is 10.8. The number of esters is 1. The standard InChI is InChI=1S/C40H61N5O3Si/c1-5-6-7-8-9-10-11-12-13-14-21-26-35(46)48-30-32(29-45-31-42-36-37(45)43-39(41)44-38(36)47)27-28-49(40(2,3)4,33-22-17-15-18-23-33)34-24-19-16-20-25-34/h15-20,22-25,32,42H,5-14,21,26-31H2,1-4H3,(H3,41,43,44,47). The molecule has 9 heteroatoms. The largest absolute Gasteiger partial charge is 0.465 e. The zero-order chi connectivity index (χ0) is 35.1. The molecule has 49 heavy (non-hydrogen) atoms. The van der Waals surface area contributed by atoms with E-state index in [0.717, 1.165) is 25.3 Å². The molecule has 0 aliphatic carbocycles. The number of aromatic nitrogens is 2. The van der Waals surface area contributed by atoms with E-state index in [2.05, 4.69) is 109 Å². The van der Waals surface area contributed by atoms with Crippen LogP contribution in [0.4, 0.5) is 17.5 Å². The summed E-state index contributed by atoms with van der Waals surface area (Å²) in [5, 5.41) is 6.04. The Morgan fingerprint density at radius 1 is 0.898 bits per heavy atom. The Labute approximate surface area is 295 Å². The lowest BCUT2D eigenvalue weighted by Crippen LogP contribution is -2.64. The highest BCUT2D eigenvalue weighted by Crippen LogP contribution is 2.40. The number of nitrogen functional groups attached to an aromatic ring is 1. The van der Waals surface area contributed by atoms with Gasteiger partial charge < -0.3 is 20.7 Å². The Morgan fingerprint density at radius 3 is 2.00 bits per heavy atom. The van der Waals surface area contributed by atoms with Gasteiger partial charge in [-0.2, -0.15) is 4.98 Å². The fraction of sp³-hybridized carbons (Fsp3) is 0.575. The number of nitrogens with zero attached hydrogens (tertiary/aromatic N) is 2. The van der Waals surface area contributed by atoms with Crippen LogP contribution in [-0.2, 0) is 9.53 Å². The Balaban J connectivity index is 1.42. The topological polar surface area (TPSA) is 113 Å². The number of hydrogen-bond donors (Lipinski definition) is 3. The van der Waals surface area contributed by atoms with E-state index < -0.39 is 8.07 Å². The van der Waals surface area contributed by atoms with Crippen molar-refractivity contribution in [2.24, 2.45) is 5.92 Å². The van der Waals surface area contributed by atoms with Crippen LogP contribution in [0, 0.1) is 5.92 Å². The summed E-state index contributed by atoms with van der Waals surface area (Å²) in [7, 11) is -2.33. The maximum absolute atomic E-state index is 13.0. The SMILES string of the molecule is CCCCCCCCCCCCCC(=O)OCC(CC[Si](c1ccccc1)(c1ccccc1)C(C)(C)C)CN1CNc2c1nc(N)[nH]c2=O. The first-order chi connectivity index (χ1) is 23.7. The number of anilines is 3. The quantitative estimate of drug-likeness (QED) is 0.0594. The second-order valence-electron chi connectivity index (χ2n) is 15.0. The van der Waals surface area contributed by atoms with Crippen LogP contribution in [0.5, 0.6) is 0 Å². The fourth-order valence-electron chi connectivity index (χ4n) is 7.58. The molecule has 0 amide bonds. The first-order valence-corrected chi connectivity index (χ1v) is 21.0. The molecule has 0 spiro atoms. The highest BCUT2D eigenvalue weighted by molar-refractivity contribution is 7.04. The van der Waals surface area contributed by atoms with Crippen LogP contribution in [0.2, 0.25) is 11.1 Å². The van der Waals surface area contributed by atoms with Gasteiger partial charge in [0.25, 0.3) is 5.56 Å². The third-order valence-corrected chi connectivity index (χ3v) is 16.6. The van der Waals surface area contributed by atoms with E-state index in [9.17, 15) is 9.59 Å². The van der Waals surface area contributed by atoms with Crippen molar-refractivity contribution in [2.45, 2.75) is 122 Å². The number of nitrogens with one attached hydrogen (secondary N) is 2. The van der Waals surface area contributed by atoms with Crippen LogP contribution >= 0.6 is 0 Å². The van der Waals surface area contributed by atoms with Gasteiger partial charge in [-0.15, -0.1) is 0 Å². The molecule has 1 aliphatic rings.